The van der Waals surface area contributed by atoms with Crippen LogP contribution in [0, 0.1) is 0 Å². The average molecular weight is 276 g/mol. The largest absolute Gasteiger partial charge is 0.481 e. The van der Waals surface area contributed by atoms with E-state index in [1.54, 1.807) is 6.92 Å². The molecule has 1 aliphatic carbocycles. The second-order valence-electron chi connectivity index (χ2n) is 5.58. The molecule has 0 spiro atoms. The molecule has 2 atom stereocenters. The number of hydrogen-bond donors (Lipinski definition) is 2. The molecule has 1 saturated carbocycles. The van der Waals surface area contributed by atoms with Crippen molar-refractivity contribution in [1.29, 1.82) is 0 Å². The molecule has 2 rings (SSSR count). The molecule has 0 aromatic heterocycles. The smallest absolute Gasteiger partial charge is 0.260 e. The highest BCUT2D eigenvalue weighted by Crippen LogP contribution is 2.19. The van der Waals surface area contributed by atoms with Crippen LogP contribution >= 0.6 is 0 Å². The molecule has 110 valence electrons. The number of nitrogens with one attached hydrogen (secondary N) is 2. The van der Waals surface area contributed by atoms with Gasteiger partial charge in [0, 0.05) is 12.1 Å². The van der Waals surface area contributed by atoms with Gasteiger partial charge < -0.3 is 15.4 Å². The third-order valence-corrected chi connectivity index (χ3v) is 3.56. The third kappa shape index (κ3) is 4.53. The van der Waals surface area contributed by atoms with Gasteiger partial charge in [0.2, 0.25) is 0 Å². The van der Waals surface area contributed by atoms with Gasteiger partial charge in [-0.25, -0.2) is 0 Å². The van der Waals surface area contributed by atoms with Crippen LogP contribution in [-0.4, -0.2) is 31.1 Å². The fourth-order valence-electron chi connectivity index (χ4n) is 1.96. The summed E-state index contributed by atoms with van der Waals surface area (Å²) in [5.74, 6) is 0.713. The lowest BCUT2D eigenvalue weighted by Gasteiger charge is -2.15. The van der Waals surface area contributed by atoms with Gasteiger partial charge >= 0.3 is 0 Å². The number of ether oxygens (including phenoxy) is 1. The minimum absolute atomic E-state index is 0.0274. The van der Waals surface area contributed by atoms with Crippen LogP contribution in [0.2, 0.25) is 0 Å². The molecule has 0 bridgehead atoms. The molecule has 1 aromatic rings. The molecular formula is C16H24N2O2. The van der Waals surface area contributed by atoms with E-state index < -0.39 is 6.10 Å². The Morgan fingerprint density at radius 1 is 1.30 bits per heavy atom. The van der Waals surface area contributed by atoms with Gasteiger partial charge in [-0.2, -0.15) is 0 Å². The van der Waals surface area contributed by atoms with Gasteiger partial charge in [-0.15, -0.1) is 0 Å². The zero-order valence-corrected chi connectivity index (χ0v) is 12.5. The Balaban J connectivity index is 1.84. The fourth-order valence-corrected chi connectivity index (χ4v) is 1.96. The first-order valence-corrected chi connectivity index (χ1v) is 7.31. The molecule has 0 radical (unpaired) electrons. The van der Waals surface area contributed by atoms with Crippen molar-refractivity contribution >= 4 is 5.91 Å². The minimum atomic E-state index is -0.447. The summed E-state index contributed by atoms with van der Waals surface area (Å²) in [4.78, 5) is 11.8. The molecule has 0 aliphatic heterocycles. The maximum absolute atomic E-state index is 11.8. The van der Waals surface area contributed by atoms with E-state index >= 15 is 0 Å². The summed E-state index contributed by atoms with van der Waals surface area (Å²) in [5, 5.41) is 6.16. The Bertz CT molecular complexity index is 440. The molecule has 0 saturated heterocycles. The zero-order chi connectivity index (χ0) is 14.5. The highest BCUT2D eigenvalue weighted by atomic mass is 16.5. The van der Waals surface area contributed by atoms with E-state index in [0.717, 1.165) is 25.0 Å². The summed E-state index contributed by atoms with van der Waals surface area (Å²) in [7, 11) is 1.96. The molecular weight excluding hydrogens is 252 g/mol. The van der Waals surface area contributed by atoms with E-state index in [-0.39, 0.29) is 5.91 Å². The molecule has 1 aliphatic rings. The van der Waals surface area contributed by atoms with Gasteiger partial charge in [0.25, 0.3) is 5.91 Å². The molecule has 1 amide bonds. The first-order valence-electron chi connectivity index (χ1n) is 7.31. The predicted octanol–water partition coefficient (Wildman–Crippen LogP) is 1.88. The zero-order valence-electron chi connectivity index (χ0n) is 12.5. The molecule has 2 unspecified atom stereocenters. The second-order valence-corrected chi connectivity index (χ2v) is 5.58. The first kappa shape index (κ1) is 14.9. The van der Waals surface area contributed by atoms with Crippen molar-refractivity contribution in [2.24, 2.45) is 0 Å². The van der Waals surface area contributed by atoms with E-state index in [9.17, 15) is 4.79 Å². The van der Waals surface area contributed by atoms with Crippen LogP contribution in [0.15, 0.2) is 24.3 Å². The maximum Gasteiger partial charge on any atom is 0.260 e. The van der Waals surface area contributed by atoms with Crippen molar-refractivity contribution < 1.29 is 9.53 Å². The topological polar surface area (TPSA) is 50.4 Å². The molecule has 1 aromatic carbocycles. The van der Waals surface area contributed by atoms with E-state index in [0.29, 0.717) is 12.1 Å². The fraction of sp³-hybridized carbons (Fsp3) is 0.562. The predicted molar refractivity (Wildman–Crippen MR) is 79.9 cm³/mol. The first-order chi connectivity index (χ1) is 9.58. The van der Waals surface area contributed by atoms with E-state index in [2.05, 4.69) is 29.7 Å². The van der Waals surface area contributed by atoms with Crippen LogP contribution in [-0.2, 0) is 11.2 Å². The van der Waals surface area contributed by atoms with Gasteiger partial charge in [-0.3, -0.25) is 4.79 Å². The van der Waals surface area contributed by atoms with Crippen LogP contribution in [0.25, 0.3) is 0 Å². The summed E-state index contributed by atoms with van der Waals surface area (Å²) >= 11 is 0. The van der Waals surface area contributed by atoms with Crippen LogP contribution in [0.4, 0.5) is 0 Å². The van der Waals surface area contributed by atoms with Gasteiger partial charge in [0.15, 0.2) is 6.10 Å². The van der Waals surface area contributed by atoms with Crippen molar-refractivity contribution in [3.63, 3.8) is 0 Å². The number of amides is 1. The number of carbonyl (C=O) groups excluding carboxylic acids is 1. The third-order valence-electron chi connectivity index (χ3n) is 3.56. The Labute approximate surface area is 120 Å². The van der Waals surface area contributed by atoms with Crippen molar-refractivity contribution in [1.82, 2.24) is 10.6 Å². The molecule has 20 heavy (non-hydrogen) atoms. The van der Waals surface area contributed by atoms with Gasteiger partial charge in [0.1, 0.15) is 5.75 Å². The molecule has 0 heterocycles. The van der Waals surface area contributed by atoms with Crippen molar-refractivity contribution in [2.75, 3.05) is 7.05 Å². The summed E-state index contributed by atoms with van der Waals surface area (Å²) in [6.45, 7) is 3.93. The van der Waals surface area contributed by atoms with Gasteiger partial charge in [0.05, 0.1) is 0 Å². The second kappa shape index (κ2) is 6.75. The Hall–Kier alpha value is -1.55. The highest BCUT2D eigenvalue weighted by Gasteiger charge is 2.26. The van der Waals surface area contributed by atoms with Crippen molar-refractivity contribution in [2.45, 2.75) is 51.3 Å². The van der Waals surface area contributed by atoms with E-state index in [4.69, 9.17) is 4.74 Å². The molecule has 4 nitrogen and oxygen atoms in total. The molecule has 4 heteroatoms. The number of benzene rings is 1. The summed E-state index contributed by atoms with van der Waals surface area (Å²) < 4.78 is 5.66. The Kier molecular flexibility index (Phi) is 5.01. The lowest BCUT2D eigenvalue weighted by atomic mass is 10.1. The van der Waals surface area contributed by atoms with Crippen LogP contribution in [0.5, 0.6) is 5.75 Å². The number of carbonyl (C=O) groups is 1. The molecule has 1 fully saturated rings. The number of likely N-dealkylation sites (N-methyl/N-ethyl adjacent to an activating group) is 1. The monoisotopic (exact) mass is 276 g/mol. The van der Waals surface area contributed by atoms with Crippen LogP contribution < -0.4 is 15.4 Å². The summed E-state index contributed by atoms with van der Waals surface area (Å²) in [6.07, 6.45) is 2.72. The minimum Gasteiger partial charge on any atom is -0.481 e. The normalized spacial score (nSPS) is 17.4. The Morgan fingerprint density at radius 2 is 1.95 bits per heavy atom. The van der Waals surface area contributed by atoms with Crippen LogP contribution in [0.3, 0.4) is 0 Å². The summed E-state index contributed by atoms with van der Waals surface area (Å²) in [6, 6.07) is 8.78. The van der Waals surface area contributed by atoms with E-state index in [1.807, 2.05) is 19.2 Å². The summed E-state index contributed by atoms with van der Waals surface area (Å²) in [5.41, 5.74) is 1.26. The number of rotatable bonds is 7. The lowest BCUT2D eigenvalue weighted by molar-refractivity contribution is -0.127. The highest BCUT2D eigenvalue weighted by molar-refractivity contribution is 5.81. The SMILES string of the molecule is CNC(C)Cc1ccc(OC(C)C(=O)NC2CC2)cc1. The standard InChI is InChI=1S/C16H24N2O2/c1-11(17-3)10-13-4-8-15(9-5-13)20-12(2)16(19)18-14-6-7-14/h4-5,8-9,11-12,14,17H,6-7,10H2,1-3H3,(H,18,19). The van der Waals surface area contributed by atoms with Gasteiger partial charge in [-0.1, -0.05) is 12.1 Å². The van der Waals surface area contributed by atoms with Crippen molar-refractivity contribution in [3.05, 3.63) is 29.8 Å². The van der Waals surface area contributed by atoms with Gasteiger partial charge in [-0.05, 0) is 57.9 Å². The van der Waals surface area contributed by atoms with Crippen LogP contribution in [0.1, 0.15) is 32.3 Å². The van der Waals surface area contributed by atoms with Crippen molar-refractivity contribution in [3.8, 4) is 5.75 Å². The van der Waals surface area contributed by atoms with E-state index in [1.165, 1.54) is 5.56 Å². The number of hydrogen-bond acceptors (Lipinski definition) is 3. The average Bonchev–Trinajstić information content (AvgIpc) is 3.24. The lowest BCUT2D eigenvalue weighted by Crippen LogP contribution is -2.37. The quantitative estimate of drug-likeness (QED) is 0.799. The molecule has 2 N–H and O–H groups in total. The Morgan fingerprint density at radius 3 is 2.50 bits per heavy atom. The maximum atomic E-state index is 11.8.